The molecule has 0 radical (unpaired) electrons. The summed E-state index contributed by atoms with van der Waals surface area (Å²) in [7, 11) is 0. The second kappa shape index (κ2) is 3.21. The monoisotopic (exact) mass is 205 g/mol. The molecular formula is C11H5F2NO. The molecule has 15 heavy (non-hydrogen) atoms. The highest BCUT2D eigenvalue weighted by Gasteiger charge is 2.08. The van der Waals surface area contributed by atoms with Crippen LogP contribution in [0.3, 0.4) is 0 Å². The average molecular weight is 205 g/mol. The molecule has 1 N–H and O–H groups in total. The van der Waals surface area contributed by atoms with E-state index in [4.69, 9.17) is 5.26 Å². The number of nitrogens with zero attached hydrogens (tertiary/aromatic N) is 1. The maximum Gasteiger partial charge on any atom is 0.159 e. The van der Waals surface area contributed by atoms with Crippen LogP contribution in [0.15, 0.2) is 24.3 Å². The number of halogens is 2. The zero-order valence-electron chi connectivity index (χ0n) is 7.46. The quantitative estimate of drug-likeness (QED) is 0.718. The molecule has 0 fully saturated rings. The zero-order valence-corrected chi connectivity index (χ0v) is 7.46. The van der Waals surface area contributed by atoms with Gasteiger partial charge in [0.2, 0.25) is 0 Å². The van der Waals surface area contributed by atoms with Crippen molar-refractivity contribution in [1.29, 1.82) is 5.26 Å². The van der Waals surface area contributed by atoms with E-state index in [2.05, 4.69) is 0 Å². The normalized spacial score (nSPS) is 10.2. The minimum absolute atomic E-state index is 0.188. The number of rotatable bonds is 0. The number of hydrogen-bond donors (Lipinski definition) is 1. The topological polar surface area (TPSA) is 44.0 Å². The van der Waals surface area contributed by atoms with Crippen LogP contribution in [-0.4, -0.2) is 5.11 Å². The number of nitriles is 1. The van der Waals surface area contributed by atoms with E-state index in [0.717, 1.165) is 12.1 Å². The van der Waals surface area contributed by atoms with Gasteiger partial charge in [-0.05, 0) is 29.7 Å². The van der Waals surface area contributed by atoms with E-state index in [-0.39, 0.29) is 16.7 Å². The molecule has 0 unspecified atom stereocenters. The summed E-state index contributed by atoms with van der Waals surface area (Å²) < 4.78 is 25.7. The van der Waals surface area contributed by atoms with Crippen LogP contribution in [0.2, 0.25) is 0 Å². The Balaban J connectivity index is 2.87. The Morgan fingerprint density at radius 3 is 2.40 bits per heavy atom. The van der Waals surface area contributed by atoms with E-state index in [1.54, 1.807) is 0 Å². The minimum atomic E-state index is -1.03. The van der Waals surface area contributed by atoms with Gasteiger partial charge in [0.25, 0.3) is 0 Å². The summed E-state index contributed by atoms with van der Waals surface area (Å²) in [5, 5.41) is 18.6. The van der Waals surface area contributed by atoms with Gasteiger partial charge in [-0.25, -0.2) is 8.78 Å². The van der Waals surface area contributed by atoms with Crippen molar-refractivity contribution in [3.8, 4) is 11.8 Å². The van der Waals surface area contributed by atoms with Crippen LogP contribution >= 0.6 is 0 Å². The molecule has 2 aromatic rings. The molecule has 0 aliphatic carbocycles. The summed E-state index contributed by atoms with van der Waals surface area (Å²) in [4.78, 5) is 0. The van der Waals surface area contributed by atoms with Crippen molar-refractivity contribution < 1.29 is 13.9 Å². The minimum Gasteiger partial charge on any atom is -0.507 e. The molecule has 0 amide bonds. The van der Waals surface area contributed by atoms with E-state index < -0.39 is 11.6 Å². The van der Waals surface area contributed by atoms with E-state index in [0.29, 0.717) is 5.39 Å². The Morgan fingerprint density at radius 1 is 1.07 bits per heavy atom. The molecule has 0 saturated heterocycles. The lowest BCUT2D eigenvalue weighted by Crippen LogP contribution is -1.86. The summed E-state index contributed by atoms with van der Waals surface area (Å²) in [6.45, 7) is 0. The first-order chi connectivity index (χ1) is 7.11. The largest absolute Gasteiger partial charge is 0.507 e. The summed E-state index contributed by atoms with van der Waals surface area (Å²) >= 11 is 0. The molecule has 2 nitrogen and oxygen atoms in total. The summed E-state index contributed by atoms with van der Waals surface area (Å²) in [5.74, 6) is -2.26. The highest BCUT2D eigenvalue weighted by Crippen LogP contribution is 2.28. The Labute approximate surface area is 84.0 Å². The van der Waals surface area contributed by atoms with Crippen LogP contribution in [-0.2, 0) is 0 Å². The number of phenols is 1. The van der Waals surface area contributed by atoms with Crippen molar-refractivity contribution in [3.05, 3.63) is 41.5 Å². The lowest BCUT2D eigenvalue weighted by molar-refractivity contribution is 0.479. The first-order valence-electron chi connectivity index (χ1n) is 4.13. The molecule has 0 atom stereocenters. The predicted octanol–water partition coefficient (Wildman–Crippen LogP) is 2.70. The van der Waals surface area contributed by atoms with E-state index in [9.17, 15) is 13.9 Å². The summed E-state index contributed by atoms with van der Waals surface area (Å²) in [5.41, 5.74) is 0.200. The van der Waals surface area contributed by atoms with E-state index >= 15 is 0 Å². The van der Waals surface area contributed by atoms with Gasteiger partial charge >= 0.3 is 0 Å². The van der Waals surface area contributed by atoms with Crippen molar-refractivity contribution in [1.82, 2.24) is 0 Å². The smallest absolute Gasteiger partial charge is 0.159 e. The maximum atomic E-state index is 12.9. The fourth-order valence-corrected chi connectivity index (χ4v) is 1.40. The summed E-state index contributed by atoms with van der Waals surface area (Å²) in [6.07, 6.45) is 0. The average Bonchev–Trinajstić information content (AvgIpc) is 2.21. The molecule has 0 saturated carbocycles. The van der Waals surface area contributed by atoms with Crippen LogP contribution in [0.25, 0.3) is 10.8 Å². The van der Waals surface area contributed by atoms with Gasteiger partial charge in [0.1, 0.15) is 5.75 Å². The highest BCUT2D eigenvalue weighted by atomic mass is 19.2. The molecule has 0 aromatic heterocycles. The van der Waals surface area contributed by atoms with Crippen molar-refractivity contribution in [3.63, 3.8) is 0 Å². The van der Waals surface area contributed by atoms with Crippen LogP contribution in [0.1, 0.15) is 5.56 Å². The standard InChI is InChI=1S/C11H5F2NO/c12-9-3-7-1-6(5-14)2-11(15)8(7)4-10(9)13/h1-4,15H. The van der Waals surface area contributed by atoms with Gasteiger partial charge in [0.05, 0.1) is 11.6 Å². The van der Waals surface area contributed by atoms with Crippen LogP contribution in [0.5, 0.6) is 5.75 Å². The Hall–Kier alpha value is -2.15. The van der Waals surface area contributed by atoms with Crippen molar-refractivity contribution in [2.45, 2.75) is 0 Å². The molecular weight excluding hydrogens is 200 g/mol. The Kier molecular flexibility index (Phi) is 2.01. The van der Waals surface area contributed by atoms with Crippen LogP contribution < -0.4 is 0 Å². The van der Waals surface area contributed by atoms with Crippen LogP contribution in [0.4, 0.5) is 8.78 Å². The number of aromatic hydroxyl groups is 1. The predicted molar refractivity (Wildman–Crippen MR) is 50.2 cm³/mol. The third-order valence-electron chi connectivity index (χ3n) is 2.10. The third kappa shape index (κ3) is 1.48. The zero-order chi connectivity index (χ0) is 11.0. The highest BCUT2D eigenvalue weighted by molar-refractivity contribution is 5.89. The SMILES string of the molecule is N#Cc1cc(O)c2cc(F)c(F)cc2c1. The third-order valence-corrected chi connectivity index (χ3v) is 2.10. The first kappa shape index (κ1) is 9.41. The molecule has 2 aromatic carbocycles. The molecule has 0 aliphatic rings. The lowest BCUT2D eigenvalue weighted by atomic mass is 10.1. The Morgan fingerprint density at radius 2 is 1.73 bits per heavy atom. The van der Waals surface area contributed by atoms with Gasteiger partial charge in [-0.15, -0.1) is 0 Å². The second-order valence-corrected chi connectivity index (χ2v) is 3.09. The van der Waals surface area contributed by atoms with E-state index in [1.165, 1.54) is 12.1 Å². The molecule has 0 aliphatic heterocycles. The Bertz CT molecular complexity index is 587. The van der Waals surface area contributed by atoms with Gasteiger partial charge in [-0.1, -0.05) is 0 Å². The number of benzene rings is 2. The summed E-state index contributed by atoms with van der Waals surface area (Å²) in [6, 6.07) is 6.27. The number of phenolic OH excluding ortho intramolecular Hbond substituents is 1. The van der Waals surface area contributed by atoms with Gasteiger partial charge in [-0.3, -0.25) is 0 Å². The first-order valence-corrected chi connectivity index (χ1v) is 4.13. The van der Waals surface area contributed by atoms with Gasteiger partial charge in [0.15, 0.2) is 11.6 Å². The molecule has 0 bridgehead atoms. The molecule has 0 spiro atoms. The fraction of sp³-hybridized carbons (Fsp3) is 0. The molecule has 4 heteroatoms. The van der Waals surface area contributed by atoms with Crippen molar-refractivity contribution >= 4 is 10.8 Å². The second-order valence-electron chi connectivity index (χ2n) is 3.09. The van der Waals surface area contributed by atoms with E-state index in [1.807, 2.05) is 6.07 Å². The number of fused-ring (bicyclic) bond motifs is 1. The van der Waals surface area contributed by atoms with Crippen LogP contribution in [0, 0.1) is 23.0 Å². The molecule has 2 rings (SSSR count). The maximum absolute atomic E-state index is 12.9. The van der Waals surface area contributed by atoms with Gasteiger partial charge in [0, 0.05) is 5.39 Å². The number of hydrogen-bond acceptors (Lipinski definition) is 2. The van der Waals surface area contributed by atoms with Crippen molar-refractivity contribution in [2.75, 3.05) is 0 Å². The molecule has 74 valence electrons. The lowest BCUT2D eigenvalue weighted by Gasteiger charge is -2.02. The van der Waals surface area contributed by atoms with Gasteiger partial charge in [-0.2, -0.15) is 5.26 Å². The fourth-order valence-electron chi connectivity index (χ4n) is 1.40. The van der Waals surface area contributed by atoms with Crippen molar-refractivity contribution in [2.24, 2.45) is 0 Å². The molecule has 0 heterocycles. The van der Waals surface area contributed by atoms with Gasteiger partial charge < -0.3 is 5.11 Å².